The van der Waals surface area contributed by atoms with Crippen LogP contribution in [0.15, 0.2) is 35.1 Å². The topological polar surface area (TPSA) is 56.3 Å². The van der Waals surface area contributed by atoms with Gasteiger partial charge in [-0.2, -0.15) is 0 Å². The highest BCUT2D eigenvalue weighted by Crippen LogP contribution is 2.18. The third-order valence-electron chi connectivity index (χ3n) is 3.55. The number of rotatable bonds is 6. The number of hydrogen-bond donors (Lipinski definition) is 2. The van der Waals surface area contributed by atoms with Crippen molar-refractivity contribution in [3.05, 3.63) is 46.2 Å². The average molecular weight is 302 g/mol. The van der Waals surface area contributed by atoms with Crippen LogP contribution in [0.5, 0.6) is 0 Å². The highest BCUT2D eigenvalue weighted by molar-refractivity contribution is 5.78. The summed E-state index contributed by atoms with van der Waals surface area (Å²) in [6.07, 6.45) is 0.724. The van der Waals surface area contributed by atoms with E-state index in [1.165, 1.54) is 0 Å². The lowest BCUT2D eigenvalue weighted by Crippen LogP contribution is -2.35. The molecule has 2 N–H and O–H groups in total. The van der Waals surface area contributed by atoms with Crippen LogP contribution >= 0.6 is 0 Å². The fourth-order valence-corrected chi connectivity index (χ4v) is 2.73. The van der Waals surface area contributed by atoms with Crippen molar-refractivity contribution in [1.29, 1.82) is 0 Å². The Balaban J connectivity index is 2.24. The Morgan fingerprint density at radius 2 is 1.95 bits per heavy atom. The van der Waals surface area contributed by atoms with Crippen molar-refractivity contribution in [2.75, 3.05) is 19.7 Å². The third-order valence-corrected chi connectivity index (χ3v) is 3.55. The highest BCUT2D eigenvalue weighted by Gasteiger charge is 2.17. The van der Waals surface area contributed by atoms with E-state index < -0.39 is 0 Å². The van der Waals surface area contributed by atoms with Gasteiger partial charge in [-0.15, -0.1) is 0 Å². The van der Waals surface area contributed by atoms with E-state index in [9.17, 15) is 4.79 Å². The second kappa shape index (κ2) is 7.07. The number of aromatic nitrogens is 1. The molecule has 22 heavy (non-hydrogen) atoms. The molecule has 0 aliphatic heterocycles. The number of benzene rings is 1. The van der Waals surface area contributed by atoms with Crippen molar-refractivity contribution in [2.24, 2.45) is 5.41 Å². The summed E-state index contributed by atoms with van der Waals surface area (Å²) in [6, 6.07) is 9.80. The number of pyridine rings is 1. The molecule has 0 saturated heterocycles. The van der Waals surface area contributed by atoms with Crippen molar-refractivity contribution < 1.29 is 5.11 Å². The molecule has 0 spiro atoms. The number of nitrogens with one attached hydrogen (secondary N) is 1. The maximum absolute atomic E-state index is 12.3. The zero-order valence-electron chi connectivity index (χ0n) is 13.7. The van der Waals surface area contributed by atoms with Crippen molar-refractivity contribution in [3.8, 4) is 0 Å². The van der Waals surface area contributed by atoms with Gasteiger partial charge in [0.25, 0.3) is 5.56 Å². The van der Waals surface area contributed by atoms with Crippen LogP contribution in [0.3, 0.4) is 0 Å². The minimum absolute atomic E-state index is 0.0263. The molecular formula is C18H26N2O2. The maximum atomic E-state index is 12.3. The maximum Gasteiger partial charge on any atom is 0.252 e. The summed E-state index contributed by atoms with van der Waals surface area (Å²) in [6.45, 7) is 9.02. The average Bonchev–Trinajstić information content (AvgIpc) is 2.44. The number of aromatic amines is 1. The van der Waals surface area contributed by atoms with Gasteiger partial charge in [0.15, 0.2) is 0 Å². The molecule has 120 valence electrons. The third kappa shape index (κ3) is 4.68. The molecule has 4 heteroatoms. The van der Waals surface area contributed by atoms with Gasteiger partial charge in [0, 0.05) is 37.3 Å². The van der Waals surface area contributed by atoms with Gasteiger partial charge in [-0.1, -0.05) is 39.0 Å². The van der Waals surface area contributed by atoms with Gasteiger partial charge in [-0.25, -0.2) is 0 Å². The lowest BCUT2D eigenvalue weighted by atomic mass is 9.95. The monoisotopic (exact) mass is 302 g/mol. The summed E-state index contributed by atoms with van der Waals surface area (Å²) in [7, 11) is 0. The van der Waals surface area contributed by atoms with Crippen LogP contribution in [0.1, 0.15) is 32.8 Å². The van der Waals surface area contributed by atoms with Gasteiger partial charge in [-0.05, 0) is 29.4 Å². The van der Waals surface area contributed by atoms with Crippen LogP contribution < -0.4 is 5.56 Å². The summed E-state index contributed by atoms with van der Waals surface area (Å²) < 4.78 is 0. The molecule has 4 nitrogen and oxygen atoms in total. The normalized spacial score (nSPS) is 12.2. The van der Waals surface area contributed by atoms with Crippen molar-refractivity contribution >= 4 is 10.9 Å². The van der Waals surface area contributed by atoms with E-state index in [1.807, 2.05) is 30.3 Å². The zero-order chi connectivity index (χ0) is 16.2. The quantitative estimate of drug-likeness (QED) is 0.862. The Labute approximate surface area is 131 Å². The van der Waals surface area contributed by atoms with Gasteiger partial charge < -0.3 is 10.1 Å². The highest BCUT2D eigenvalue weighted by atomic mass is 16.3. The van der Waals surface area contributed by atoms with Crippen LogP contribution in [0.25, 0.3) is 10.9 Å². The van der Waals surface area contributed by atoms with Crippen LogP contribution in [0, 0.1) is 5.41 Å². The van der Waals surface area contributed by atoms with E-state index in [0.29, 0.717) is 6.54 Å². The van der Waals surface area contributed by atoms with Gasteiger partial charge in [-0.3, -0.25) is 9.69 Å². The molecular weight excluding hydrogens is 276 g/mol. The molecule has 1 heterocycles. The van der Waals surface area contributed by atoms with E-state index in [2.05, 4.69) is 30.7 Å². The fourth-order valence-electron chi connectivity index (χ4n) is 2.73. The standard InChI is InChI=1S/C18H26N2O2/c1-18(2,3)13-20(9-6-10-21)12-15-11-14-7-4-5-8-16(14)19-17(15)22/h4-5,7-8,11,21H,6,9-10,12-13H2,1-3H3,(H,19,22). The predicted octanol–water partition coefficient (Wildman–Crippen LogP) is 2.76. The van der Waals surface area contributed by atoms with Crippen LogP contribution in [-0.4, -0.2) is 34.7 Å². The van der Waals surface area contributed by atoms with Crippen LogP contribution in [-0.2, 0) is 6.54 Å². The molecule has 0 aliphatic rings. The van der Waals surface area contributed by atoms with E-state index in [4.69, 9.17) is 5.11 Å². The first-order valence-electron chi connectivity index (χ1n) is 7.83. The molecule has 0 radical (unpaired) electrons. The SMILES string of the molecule is CC(C)(C)CN(CCCO)Cc1cc2ccccc2[nH]c1=O. The molecule has 0 unspecified atom stereocenters. The molecule has 0 saturated carbocycles. The lowest BCUT2D eigenvalue weighted by molar-refractivity contribution is 0.165. The van der Waals surface area contributed by atoms with Crippen molar-refractivity contribution in [3.63, 3.8) is 0 Å². The lowest BCUT2D eigenvalue weighted by Gasteiger charge is -2.29. The first-order valence-corrected chi connectivity index (χ1v) is 7.83. The van der Waals surface area contributed by atoms with Gasteiger partial charge in [0.1, 0.15) is 0 Å². The molecule has 0 atom stereocenters. The van der Waals surface area contributed by atoms with Gasteiger partial charge >= 0.3 is 0 Å². The number of aliphatic hydroxyl groups is 1. The molecule has 1 aromatic carbocycles. The first-order chi connectivity index (χ1) is 10.4. The van der Waals surface area contributed by atoms with E-state index >= 15 is 0 Å². The minimum Gasteiger partial charge on any atom is -0.396 e. The summed E-state index contributed by atoms with van der Waals surface area (Å²) in [5.41, 5.74) is 1.77. The van der Waals surface area contributed by atoms with E-state index in [0.717, 1.165) is 36.0 Å². The molecule has 0 fully saturated rings. The largest absolute Gasteiger partial charge is 0.396 e. The minimum atomic E-state index is -0.0263. The van der Waals surface area contributed by atoms with E-state index in [-0.39, 0.29) is 17.6 Å². The zero-order valence-corrected chi connectivity index (χ0v) is 13.7. The number of aliphatic hydroxyl groups excluding tert-OH is 1. The number of H-pyrrole nitrogens is 1. The molecule has 0 bridgehead atoms. The number of para-hydroxylation sites is 1. The van der Waals surface area contributed by atoms with Crippen molar-refractivity contribution in [1.82, 2.24) is 9.88 Å². The van der Waals surface area contributed by atoms with Gasteiger partial charge in [0.2, 0.25) is 0 Å². The fraction of sp³-hybridized carbons (Fsp3) is 0.500. The van der Waals surface area contributed by atoms with E-state index in [1.54, 1.807) is 0 Å². The molecule has 2 rings (SSSR count). The summed E-state index contributed by atoms with van der Waals surface area (Å²) in [4.78, 5) is 17.5. The van der Waals surface area contributed by atoms with Gasteiger partial charge in [0.05, 0.1) is 0 Å². The second-order valence-electron chi connectivity index (χ2n) is 7.06. The Morgan fingerprint density at radius 3 is 2.64 bits per heavy atom. The second-order valence-corrected chi connectivity index (χ2v) is 7.06. The summed E-state index contributed by atoms with van der Waals surface area (Å²) in [5, 5.41) is 10.1. The Bertz CT molecular complexity index is 671. The molecule has 0 amide bonds. The van der Waals surface area contributed by atoms with Crippen LogP contribution in [0.4, 0.5) is 0 Å². The smallest absolute Gasteiger partial charge is 0.252 e. The van der Waals surface area contributed by atoms with Crippen molar-refractivity contribution in [2.45, 2.75) is 33.7 Å². The number of hydrogen-bond acceptors (Lipinski definition) is 3. The summed E-state index contributed by atoms with van der Waals surface area (Å²) in [5.74, 6) is 0. The molecule has 0 aliphatic carbocycles. The summed E-state index contributed by atoms with van der Waals surface area (Å²) >= 11 is 0. The number of nitrogens with zero attached hydrogens (tertiary/aromatic N) is 1. The Morgan fingerprint density at radius 1 is 1.23 bits per heavy atom. The Kier molecular flexibility index (Phi) is 5.37. The molecule has 2 aromatic rings. The Hall–Kier alpha value is -1.65. The number of fused-ring (bicyclic) bond motifs is 1. The predicted molar refractivity (Wildman–Crippen MR) is 91.0 cm³/mol. The molecule has 1 aromatic heterocycles. The first kappa shape index (κ1) is 16.7. The van der Waals surface area contributed by atoms with Crippen LogP contribution in [0.2, 0.25) is 0 Å².